The van der Waals surface area contributed by atoms with E-state index in [0.29, 0.717) is 33.9 Å². The molecular formula is C17H17N3O6P2. The summed E-state index contributed by atoms with van der Waals surface area (Å²) in [5.74, 6) is 0. The second-order valence-electron chi connectivity index (χ2n) is 6.15. The third-order valence-electron chi connectivity index (χ3n) is 3.70. The predicted octanol–water partition coefficient (Wildman–Crippen LogP) is 2.56. The molecule has 11 heteroatoms. The second-order valence-corrected chi connectivity index (χ2v) is 9.44. The van der Waals surface area contributed by atoms with E-state index in [2.05, 4.69) is 15.0 Å². The lowest BCUT2D eigenvalue weighted by atomic mass is 10.1. The minimum absolute atomic E-state index is 0.395. The minimum Gasteiger partial charge on any atom is -0.324 e. The smallest absolute Gasteiger partial charge is 0.324 e. The highest BCUT2D eigenvalue weighted by Crippen LogP contribution is 2.40. The van der Waals surface area contributed by atoms with E-state index in [1.807, 2.05) is 0 Å². The van der Waals surface area contributed by atoms with E-state index in [9.17, 15) is 9.13 Å². The number of hydrogen-bond acceptors (Lipinski definition) is 5. The van der Waals surface area contributed by atoms with Crippen LogP contribution in [0.2, 0.25) is 0 Å². The van der Waals surface area contributed by atoms with Crippen molar-refractivity contribution in [2.24, 2.45) is 0 Å². The number of pyridine rings is 3. The maximum Gasteiger partial charge on any atom is 0.329 e. The first kappa shape index (κ1) is 20.5. The molecule has 28 heavy (non-hydrogen) atoms. The maximum absolute atomic E-state index is 11.2. The quantitative estimate of drug-likeness (QED) is 0.440. The van der Waals surface area contributed by atoms with E-state index in [1.54, 1.807) is 30.3 Å². The van der Waals surface area contributed by atoms with E-state index in [-0.39, 0.29) is 0 Å². The molecule has 0 bridgehead atoms. The fourth-order valence-corrected chi connectivity index (χ4v) is 3.97. The predicted molar refractivity (Wildman–Crippen MR) is 102 cm³/mol. The summed E-state index contributed by atoms with van der Waals surface area (Å²) in [6.07, 6.45) is 2.11. The van der Waals surface area contributed by atoms with Crippen LogP contribution in [0.4, 0.5) is 0 Å². The zero-order valence-electron chi connectivity index (χ0n) is 14.5. The summed E-state index contributed by atoms with van der Waals surface area (Å²) in [5.41, 5.74) is 2.72. The maximum atomic E-state index is 11.2. The largest absolute Gasteiger partial charge is 0.329 e. The molecule has 3 rings (SSSR count). The monoisotopic (exact) mass is 421 g/mol. The van der Waals surface area contributed by atoms with Crippen molar-refractivity contribution in [3.63, 3.8) is 0 Å². The number of hydrogen-bond donors (Lipinski definition) is 4. The lowest BCUT2D eigenvalue weighted by molar-refractivity contribution is 0.369. The summed E-state index contributed by atoms with van der Waals surface area (Å²) in [7, 11) is -8.40. The van der Waals surface area contributed by atoms with Gasteiger partial charge in [0.15, 0.2) is 0 Å². The van der Waals surface area contributed by atoms with E-state index in [1.165, 1.54) is 24.5 Å². The normalized spacial score (nSPS) is 12.1. The first-order valence-electron chi connectivity index (χ1n) is 8.06. The lowest BCUT2D eigenvalue weighted by Crippen LogP contribution is -1.95. The number of nitrogens with zero attached hydrogens (tertiary/aromatic N) is 3. The van der Waals surface area contributed by atoms with Crippen LogP contribution in [-0.2, 0) is 21.5 Å². The third-order valence-corrected chi connectivity index (χ3v) is 5.25. The minimum atomic E-state index is -4.20. The van der Waals surface area contributed by atoms with Gasteiger partial charge >= 0.3 is 15.2 Å². The van der Waals surface area contributed by atoms with Gasteiger partial charge < -0.3 is 19.6 Å². The molecule has 146 valence electrons. The molecule has 0 spiro atoms. The molecule has 0 fully saturated rings. The van der Waals surface area contributed by atoms with Crippen molar-refractivity contribution in [2.75, 3.05) is 0 Å². The highest BCUT2D eigenvalue weighted by Gasteiger charge is 2.16. The summed E-state index contributed by atoms with van der Waals surface area (Å²) < 4.78 is 22.4. The van der Waals surface area contributed by atoms with E-state index < -0.39 is 27.5 Å². The van der Waals surface area contributed by atoms with Crippen LogP contribution in [-0.4, -0.2) is 34.5 Å². The second kappa shape index (κ2) is 8.01. The van der Waals surface area contributed by atoms with E-state index in [0.717, 1.165) is 0 Å². The van der Waals surface area contributed by atoms with Crippen molar-refractivity contribution >= 4 is 15.2 Å². The van der Waals surface area contributed by atoms with Gasteiger partial charge in [0.05, 0.1) is 35.1 Å². The van der Waals surface area contributed by atoms with Gasteiger partial charge in [-0.05, 0) is 47.5 Å². The summed E-state index contributed by atoms with van der Waals surface area (Å²) in [6, 6.07) is 11.3. The van der Waals surface area contributed by atoms with Crippen LogP contribution >= 0.6 is 15.2 Å². The standard InChI is InChI=1S/C17H17N3O6P2/c21-27(22,23)10-12-4-6-18-16(8-12)14-2-1-3-15(20-14)17-9-13(5-7-19-17)11-28(24,25)26/h1-9H,10-11H2,(H2,21,22,23)(H2,24,25,26). The van der Waals surface area contributed by atoms with Gasteiger partial charge in [0.25, 0.3) is 0 Å². The fraction of sp³-hybridized carbons (Fsp3) is 0.118. The molecule has 0 aliphatic heterocycles. The highest BCUT2D eigenvalue weighted by atomic mass is 31.2. The van der Waals surface area contributed by atoms with Crippen molar-refractivity contribution in [3.05, 3.63) is 66.0 Å². The van der Waals surface area contributed by atoms with Gasteiger partial charge in [-0.3, -0.25) is 19.1 Å². The Kier molecular flexibility index (Phi) is 5.86. The number of aromatic nitrogens is 3. The van der Waals surface area contributed by atoms with Crippen molar-refractivity contribution in [3.8, 4) is 22.8 Å². The van der Waals surface area contributed by atoms with Gasteiger partial charge in [0.1, 0.15) is 0 Å². The Labute approximate surface area is 160 Å². The molecule has 3 aromatic rings. The van der Waals surface area contributed by atoms with Crippen LogP contribution in [0.15, 0.2) is 54.9 Å². The lowest BCUT2D eigenvalue weighted by Gasteiger charge is -2.08. The average molecular weight is 421 g/mol. The molecular weight excluding hydrogens is 404 g/mol. The zero-order chi connectivity index (χ0) is 20.4. The summed E-state index contributed by atoms with van der Waals surface area (Å²) >= 11 is 0. The molecule has 0 aliphatic carbocycles. The molecule has 9 nitrogen and oxygen atoms in total. The molecule has 3 aromatic heterocycles. The molecule has 0 aliphatic rings. The van der Waals surface area contributed by atoms with Crippen molar-refractivity contribution in [1.29, 1.82) is 0 Å². The number of rotatable bonds is 6. The molecule has 0 radical (unpaired) electrons. The van der Waals surface area contributed by atoms with Gasteiger partial charge in [0, 0.05) is 12.4 Å². The first-order valence-corrected chi connectivity index (χ1v) is 11.7. The molecule has 4 N–H and O–H groups in total. The Bertz CT molecular complexity index is 1010. The van der Waals surface area contributed by atoms with Gasteiger partial charge in [-0.15, -0.1) is 0 Å². The molecule has 0 unspecified atom stereocenters. The first-order chi connectivity index (χ1) is 13.1. The molecule has 0 amide bonds. The van der Waals surface area contributed by atoms with Crippen LogP contribution in [0.5, 0.6) is 0 Å². The Balaban J connectivity index is 1.93. The van der Waals surface area contributed by atoms with Gasteiger partial charge in [0.2, 0.25) is 0 Å². The summed E-state index contributed by atoms with van der Waals surface area (Å²) in [4.78, 5) is 49.5. The molecule has 0 aromatic carbocycles. The Hall–Kier alpha value is -2.25. The third kappa shape index (κ3) is 5.87. The summed E-state index contributed by atoms with van der Waals surface area (Å²) in [6.45, 7) is 0. The molecule has 0 saturated carbocycles. The topological polar surface area (TPSA) is 154 Å². The van der Waals surface area contributed by atoms with Crippen LogP contribution in [0.25, 0.3) is 22.8 Å². The summed E-state index contributed by atoms with van der Waals surface area (Å²) in [5, 5.41) is 0. The van der Waals surface area contributed by atoms with Crippen LogP contribution in [0, 0.1) is 0 Å². The van der Waals surface area contributed by atoms with Gasteiger partial charge in [-0.2, -0.15) is 0 Å². The van der Waals surface area contributed by atoms with E-state index in [4.69, 9.17) is 19.6 Å². The van der Waals surface area contributed by atoms with Crippen molar-refractivity contribution < 1.29 is 28.7 Å². The van der Waals surface area contributed by atoms with Crippen molar-refractivity contribution in [2.45, 2.75) is 12.3 Å². The Morgan fingerprint density at radius 2 is 1.11 bits per heavy atom. The fourth-order valence-electron chi connectivity index (χ4n) is 2.62. The SMILES string of the molecule is O=P(O)(O)Cc1ccnc(-c2cccc(-c3cc(CP(=O)(O)O)ccn3)n2)c1. The van der Waals surface area contributed by atoms with Gasteiger partial charge in [-0.25, -0.2) is 4.98 Å². The zero-order valence-corrected chi connectivity index (χ0v) is 16.2. The molecule has 0 atom stereocenters. The van der Waals surface area contributed by atoms with Crippen molar-refractivity contribution in [1.82, 2.24) is 15.0 Å². The Morgan fingerprint density at radius 1 is 0.679 bits per heavy atom. The van der Waals surface area contributed by atoms with Crippen LogP contribution < -0.4 is 0 Å². The molecule has 0 saturated heterocycles. The van der Waals surface area contributed by atoms with Gasteiger partial charge in [-0.1, -0.05) is 6.07 Å². The van der Waals surface area contributed by atoms with E-state index >= 15 is 0 Å². The Morgan fingerprint density at radius 3 is 1.50 bits per heavy atom. The van der Waals surface area contributed by atoms with Crippen LogP contribution in [0.3, 0.4) is 0 Å². The molecule has 3 heterocycles. The average Bonchev–Trinajstić information content (AvgIpc) is 2.59. The highest BCUT2D eigenvalue weighted by molar-refractivity contribution is 7.51. The van der Waals surface area contributed by atoms with Crippen LogP contribution in [0.1, 0.15) is 11.1 Å².